The van der Waals surface area contributed by atoms with Crippen molar-refractivity contribution < 1.29 is 14.2 Å². The maximum atomic E-state index is 6.09. The first-order valence-corrected chi connectivity index (χ1v) is 7.25. The lowest BCUT2D eigenvalue weighted by molar-refractivity contribution is -0.211. The lowest BCUT2D eigenvalue weighted by atomic mass is 9.94. The fourth-order valence-corrected chi connectivity index (χ4v) is 3.43. The summed E-state index contributed by atoms with van der Waals surface area (Å²) >= 11 is 0. The highest BCUT2D eigenvalue weighted by atomic mass is 16.8. The zero-order valence-electron chi connectivity index (χ0n) is 11.4. The van der Waals surface area contributed by atoms with Crippen LogP contribution in [0.4, 0.5) is 0 Å². The van der Waals surface area contributed by atoms with E-state index in [0.717, 1.165) is 11.1 Å². The van der Waals surface area contributed by atoms with Crippen LogP contribution in [0.25, 0.3) is 21.5 Å². The van der Waals surface area contributed by atoms with Crippen LogP contribution in [0.3, 0.4) is 0 Å². The van der Waals surface area contributed by atoms with Crippen molar-refractivity contribution in [1.29, 1.82) is 0 Å². The number of hydrogen-bond donors (Lipinski definition) is 0. The summed E-state index contributed by atoms with van der Waals surface area (Å²) in [5.74, 6) is 0. The van der Waals surface area contributed by atoms with Gasteiger partial charge in [0.15, 0.2) is 12.6 Å². The Labute approximate surface area is 122 Å². The Balaban J connectivity index is 2.01. The molecule has 3 nitrogen and oxygen atoms in total. The van der Waals surface area contributed by atoms with E-state index < -0.39 is 0 Å². The van der Waals surface area contributed by atoms with Gasteiger partial charge < -0.3 is 14.2 Å². The standard InChI is InChI=1S/C18H14O3/c1-3-11-7-8-12-4-2-6-14-16(12)15(11)13(5-1)17-19-9-10-20-18(14)21-17/h1-8,17-18H,9-10H2/t17-,18+. The quantitative estimate of drug-likeness (QED) is 0.580. The second kappa shape index (κ2) is 4.28. The van der Waals surface area contributed by atoms with Gasteiger partial charge in [-0.3, -0.25) is 0 Å². The Morgan fingerprint density at radius 2 is 1.19 bits per heavy atom. The normalized spacial score (nSPS) is 24.2. The number of rotatable bonds is 0. The zero-order valence-corrected chi connectivity index (χ0v) is 11.4. The minimum absolute atomic E-state index is 0.362. The third kappa shape index (κ3) is 1.59. The molecule has 2 aliphatic heterocycles. The van der Waals surface area contributed by atoms with Crippen LogP contribution in [0.1, 0.15) is 23.7 Å². The van der Waals surface area contributed by atoms with Gasteiger partial charge in [0.1, 0.15) is 0 Å². The van der Waals surface area contributed by atoms with Crippen LogP contribution in [0, 0.1) is 0 Å². The van der Waals surface area contributed by atoms with E-state index in [2.05, 4.69) is 48.5 Å². The summed E-state index contributed by atoms with van der Waals surface area (Å²) in [5, 5.41) is 4.88. The molecule has 0 aliphatic carbocycles. The van der Waals surface area contributed by atoms with Gasteiger partial charge in [-0.2, -0.15) is 0 Å². The van der Waals surface area contributed by atoms with Crippen LogP contribution in [0.5, 0.6) is 0 Å². The lowest BCUT2D eigenvalue weighted by Crippen LogP contribution is -2.09. The molecule has 21 heavy (non-hydrogen) atoms. The summed E-state index contributed by atoms with van der Waals surface area (Å²) in [6.07, 6.45) is -0.724. The van der Waals surface area contributed by atoms with Crippen molar-refractivity contribution in [2.45, 2.75) is 12.6 Å². The average molecular weight is 278 g/mol. The molecule has 3 heteroatoms. The van der Waals surface area contributed by atoms with Gasteiger partial charge in [-0.15, -0.1) is 0 Å². The Hall–Kier alpha value is -1.94. The molecular formula is C18H14O3. The van der Waals surface area contributed by atoms with Gasteiger partial charge in [0.25, 0.3) is 0 Å². The average Bonchev–Trinajstić information content (AvgIpc) is 2.85. The van der Waals surface area contributed by atoms with Gasteiger partial charge in [0.05, 0.1) is 13.2 Å². The summed E-state index contributed by atoms with van der Waals surface area (Å²) in [5.41, 5.74) is 2.19. The molecule has 2 aliphatic rings. The first-order valence-electron chi connectivity index (χ1n) is 7.25. The molecule has 1 fully saturated rings. The molecule has 0 aromatic heterocycles. The van der Waals surface area contributed by atoms with Crippen LogP contribution in [-0.4, -0.2) is 13.2 Å². The van der Waals surface area contributed by atoms with Gasteiger partial charge in [-0.1, -0.05) is 48.5 Å². The summed E-state index contributed by atoms with van der Waals surface area (Å²) in [4.78, 5) is 0. The van der Waals surface area contributed by atoms with E-state index in [1.807, 2.05) is 0 Å². The highest BCUT2D eigenvalue weighted by molar-refractivity contribution is 6.11. The van der Waals surface area contributed by atoms with E-state index in [1.165, 1.54) is 21.5 Å². The molecule has 0 unspecified atom stereocenters. The molecule has 1 saturated heterocycles. The number of ether oxygens (including phenoxy) is 3. The van der Waals surface area contributed by atoms with Crippen LogP contribution in [-0.2, 0) is 14.2 Å². The topological polar surface area (TPSA) is 27.7 Å². The molecule has 3 aromatic carbocycles. The van der Waals surface area contributed by atoms with Crippen molar-refractivity contribution in [1.82, 2.24) is 0 Å². The van der Waals surface area contributed by atoms with Gasteiger partial charge in [-0.25, -0.2) is 0 Å². The maximum Gasteiger partial charge on any atom is 0.187 e. The van der Waals surface area contributed by atoms with Crippen LogP contribution in [0.2, 0.25) is 0 Å². The summed E-state index contributed by atoms with van der Waals surface area (Å²) in [6, 6.07) is 16.9. The zero-order chi connectivity index (χ0) is 13.8. The molecule has 0 amide bonds. The highest BCUT2D eigenvalue weighted by Gasteiger charge is 2.31. The van der Waals surface area contributed by atoms with Crippen molar-refractivity contribution in [2.75, 3.05) is 13.2 Å². The van der Waals surface area contributed by atoms with E-state index in [4.69, 9.17) is 14.2 Å². The summed E-state index contributed by atoms with van der Waals surface area (Å²) < 4.78 is 17.8. The lowest BCUT2D eigenvalue weighted by Gasteiger charge is -2.18. The predicted octanol–water partition coefficient (Wildman–Crippen LogP) is 4.07. The smallest absolute Gasteiger partial charge is 0.187 e. The summed E-state index contributed by atoms with van der Waals surface area (Å²) in [7, 11) is 0. The van der Waals surface area contributed by atoms with Gasteiger partial charge >= 0.3 is 0 Å². The van der Waals surface area contributed by atoms with Gasteiger partial charge in [-0.05, 0) is 21.5 Å². The molecule has 3 aromatic rings. The molecule has 2 atom stereocenters. The number of fused-ring (bicyclic) bond motifs is 4. The van der Waals surface area contributed by atoms with Crippen LogP contribution < -0.4 is 0 Å². The molecule has 0 N–H and O–H groups in total. The molecule has 2 heterocycles. The Kier molecular flexibility index (Phi) is 2.38. The Bertz CT molecular complexity index is 785. The largest absolute Gasteiger partial charge is 0.346 e. The van der Waals surface area contributed by atoms with E-state index in [-0.39, 0.29) is 12.6 Å². The highest BCUT2D eigenvalue weighted by Crippen LogP contribution is 2.43. The number of hydrogen-bond acceptors (Lipinski definition) is 3. The third-order valence-electron chi connectivity index (χ3n) is 4.33. The molecule has 2 bridgehead atoms. The molecule has 104 valence electrons. The fraction of sp³-hybridized carbons (Fsp3) is 0.222. The second-order valence-corrected chi connectivity index (χ2v) is 5.50. The van der Waals surface area contributed by atoms with Crippen molar-refractivity contribution in [3.63, 3.8) is 0 Å². The first-order chi connectivity index (χ1) is 10.4. The van der Waals surface area contributed by atoms with Gasteiger partial charge in [0.2, 0.25) is 0 Å². The van der Waals surface area contributed by atoms with E-state index in [9.17, 15) is 0 Å². The maximum absolute atomic E-state index is 6.09. The molecule has 5 rings (SSSR count). The number of benzene rings is 3. The second-order valence-electron chi connectivity index (χ2n) is 5.50. The van der Waals surface area contributed by atoms with Crippen molar-refractivity contribution in [3.8, 4) is 0 Å². The Morgan fingerprint density at radius 1 is 0.667 bits per heavy atom. The van der Waals surface area contributed by atoms with E-state index in [1.54, 1.807) is 0 Å². The van der Waals surface area contributed by atoms with Crippen molar-refractivity contribution >= 4 is 21.5 Å². The van der Waals surface area contributed by atoms with Crippen molar-refractivity contribution in [3.05, 3.63) is 59.7 Å². The molecular weight excluding hydrogens is 264 g/mol. The minimum Gasteiger partial charge on any atom is -0.346 e. The van der Waals surface area contributed by atoms with Crippen LogP contribution >= 0.6 is 0 Å². The predicted molar refractivity (Wildman–Crippen MR) is 79.9 cm³/mol. The first kappa shape index (κ1) is 11.7. The van der Waals surface area contributed by atoms with Crippen LogP contribution in [0.15, 0.2) is 48.5 Å². The van der Waals surface area contributed by atoms with Crippen molar-refractivity contribution in [2.24, 2.45) is 0 Å². The van der Waals surface area contributed by atoms with Gasteiger partial charge in [0, 0.05) is 11.1 Å². The Morgan fingerprint density at radius 3 is 1.71 bits per heavy atom. The molecule has 0 spiro atoms. The molecule has 0 saturated carbocycles. The third-order valence-corrected chi connectivity index (χ3v) is 4.33. The van der Waals surface area contributed by atoms with E-state index >= 15 is 0 Å². The molecule has 0 radical (unpaired) electrons. The minimum atomic E-state index is -0.362. The summed E-state index contributed by atoms with van der Waals surface area (Å²) in [6.45, 7) is 1.10. The van der Waals surface area contributed by atoms with E-state index in [0.29, 0.717) is 13.2 Å². The fourth-order valence-electron chi connectivity index (χ4n) is 3.43. The monoisotopic (exact) mass is 278 g/mol. The SMILES string of the molecule is c1cc2c3c(c1)ccc1cccc(c13)[C@H]1OCCO[C@@H]2O1.